The Bertz CT molecular complexity index is 788. The van der Waals surface area contributed by atoms with Gasteiger partial charge < -0.3 is 20.1 Å². The van der Waals surface area contributed by atoms with Crippen LogP contribution in [-0.4, -0.2) is 38.7 Å². The number of hydrogen-bond donors (Lipinski definition) is 2. The third-order valence-electron chi connectivity index (χ3n) is 4.30. The van der Waals surface area contributed by atoms with Crippen LogP contribution in [0.3, 0.4) is 0 Å². The van der Waals surface area contributed by atoms with Crippen LogP contribution < -0.4 is 15.4 Å². The van der Waals surface area contributed by atoms with Crippen LogP contribution in [-0.2, 0) is 4.74 Å². The number of ether oxygens (including phenoxy) is 2. The molecule has 0 spiro atoms. The van der Waals surface area contributed by atoms with Crippen LogP contribution >= 0.6 is 0 Å². The van der Waals surface area contributed by atoms with Gasteiger partial charge in [0, 0.05) is 31.5 Å². The molecule has 6 nitrogen and oxygen atoms in total. The van der Waals surface area contributed by atoms with Gasteiger partial charge in [-0.3, -0.25) is 9.59 Å². The molecule has 2 aromatic rings. The summed E-state index contributed by atoms with van der Waals surface area (Å²) in [4.78, 5) is 24.8. The summed E-state index contributed by atoms with van der Waals surface area (Å²) >= 11 is 0. The largest absolute Gasteiger partial charge is 0.493 e. The number of carbonyl (C=O) groups is 2. The number of anilines is 1. The molecule has 2 N–H and O–H groups in total. The lowest BCUT2D eigenvalue weighted by atomic mass is 10.1. The molecule has 2 aromatic carbocycles. The fourth-order valence-electron chi connectivity index (χ4n) is 2.61. The topological polar surface area (TPSA) is 76.7 Å². The van der Waals surface area contributed by atoms with Crippen LogP contribution in [0.2, 0.25) is 0 Å². The molecule has 29 heavy (non-hydrogen) atoms. The number of hydrogen-bond acceptors (Lipinski definition) is 4. The second-order valence-electron chi connectivity index (χ2n) is 7.16. The molecule has 2 amide bonds. The fraction of sp³-hybridized carbons (Fsp3) is 0.391. The highest BCUT2D eigenvalue weighted by Crippen LogP contribution is 2.20. The molecule has 156 valence electrons. The summed E-state index contributed by atoms with van der Waals surface area (Å²) in [7, 11) is 1.63. The van der Waals surface area contributed by atoms with Crippen molar-refractivity contribution >= 4 is 17.5 Å². The Labute approximate surface area is 172 Å². The van der Waals surface area contributed by atoms with Gasteiger partial charge in [-0.25, -0.2) is 0 Å². The minimum atomic E-state index is -0.248. The first-order valence-electron chi connectivity index (χ1n) is 9.91. The first-order chi connectivity index (χ1) is 14.0. The van der Waals surface area contributed by atoms with Crippen molar-refractivity contribution in [3.8, 4) is 5.75 Å². The number of rotatable bonds is 11. The first kappa shape index (κ1) is 22.4. The Hall–Kier alpha value is -2.86. The van der Waals surface area contributed by atoms with Crippen molar-refractivity contribution in [1.82, 2.24) is 5.32 Å². The van der Waals surface area contributed by atoms with Crippen molar-refractivity contribution in [2.24, 2.45) is 5.92 Å². The fourth-order valence-corrected chi connectivity index (χ4v) is 2.61. The highest BCUT2D eigenvalue weighted by molar-refractivity contribution is 6.06. The zero-order valence-corrected chi connectivity index (χ0v) is 17.4. The molecule has 0 atom stereocenters. The molecule has 6 heteroatoms. The second-order valence-corrected chi connectivity index (χ2v) is 7.16. The Morgan fingerprint density at radius 2 is 1.69 bits per heavy atom. The van der Waals surface area contributed by atoms with Gasteiger partial charge in [0.05, 0.1) is 12.2 Å². The van der Waals surface area contributed by atoms with Gasteiger partial charge in [0.1, 0.15) is 5.75 Å². The highest BCUT2D eigenvalue weighted by Gasteiger charge is 2.13. The smallest absolute Gasteiger partial charge is 0.259 e. The van der Waals surface area contributed by atoms with Crippen LogP contribution in [0.1, 0.15) is 47.4 Å². The van der Waals surface area contributed by atoms with Crippen LogP contribution in [0.5, 0.6) is 5.75 Å². The van der Waals surface area contributed by atoms with Crippen LogP contribution in [0.4, 0.5) is 5.69 Å². The van der Waals surface area contributed by atoms with Crippen LogP contribution in [0.15, 0.2) is 48.5 Å². The van der Waals surface area contributed by atoms with E-state index in [4.69, 9.17) is 9.47 Å². The van der Waals surface area contributed by atoms with E-state index in [9.17, 15) is 9.59 Å². The Kier molecular flexibility index (Phi) is 9.18. The maximum absolute atomic E-state index is 12.7. The van der Waals surface area contributed by atoms with E-state index >= 15 is 0 Å². The molecule has 0 radical (unpaired) electrons. The number of methoxy groups -OCH3 is 1. The van der Waals surface area contributed by atoms with E-state index in [2.05, 4.69) is 24.5 Å². The van der Waals surface area contributed by atoms with E-state index in [1.54, 1.807) is 49.6 Å². The van der Waals surface area contributed by atoms with E-state index in [1.807, 2.05) is 6.07 Å². The standard InChI is InChI=1S/C23H30N2O4/c1-17(2)13-16-29-21-8-5-4-7-20(21)23(27)25-19-11-9-18(10-12-19)22(26)24-14-6-15-28-3/h4-5,7-12,17H,6,13-16H2,1-3H3,(H,24,26)(H,25,27). The molecular formula is C23H30N2O4. The number of amides is 2. The summed E-state index contributed by atoms with van der Waals surface area (Å²) in [6.07, 6.45) is 1.68. The van der Waals surface area contributed by atoms with E-state index in [1.165, 1.54) is 0 Å². The lowest BCUT2D eigenvalue weighted by molar-refractivity contribution is 0.0948. The summed E-state index contributed by atoms with van der Waals surface area (Å²) in [5.74, 6) is 0.703. The van der Waals surface area contributed by atoms with Crippen molar-refractivity contribution in [2.75, 3.05) is 32.2 Å². The number of para-hydroxylation sites is 1. The molecule has 2 rings (SSSR count). The van der Waals surface area contributed by atoms with Crippen molar-refractivity contribution in [2.45, 2.75) is 26.7 Å². The van der Waals surface area contributed by atoms with Gasteiger partial charge in [-0.1, -0.05) is 26.0 Å². The van der Waals surface area contributed by atoms with Crippen LogP contribution in [0.25, 0.3) is 0 Å². The maximum Gasteiger partial charge on any atom is 0.259 e. The molecule has 0 saturated heterocycles. The molecule has 0 aliphatic rings. The average Bonchev–Trinajstić information content (AvgIpc) is 2.71. The number of benzene rings is 2. The first-order valence-corrected chi connectivity index (χ1v) is 9.91. The van der Waals surface area contributed by atoms with Gasteiger partial charge in [-0.2, -0.15) is 0 Å². The monoisotopic (exact) mass is 398 g/mol. The highest BCUT2D eigenvalue weighted by atomic mass is 16.5. The average molecular weight is 399 g/mol. The van der Waals surface area contributed by atoms with E-state index < -0.39 is 0 Å². The van der Waals surface area contributed by atoms with Crippen LogP contribution in [0, 0.1) is 5.92 Å². The maximum atomic E-state index is 12.7. The van der Waals surface area contributed by atoms with Gasteiger partial charge in [-0.05, 0) is 55.2 Å². The molecule has 0 unspecified atom stereocenters. The molecule has 0 aliphatic heterocycles. The molecule has 0 aliphatic carbocycles. The Morgan fingerprint density at radius 3 is 2.38 bits per heavy atom. The van der Waals surface area contributed by atoms with Gasteiger partial charge in [0.15, 0.2) is 0 Å². The van der Waals surface area contributed by atoms with Crippen molar-refractivity contribution in [1.29, 1.82) is 0 Å². The molecule has 0 aromatic heterocycles. The van der Waals surface area contributed by atoms with Gasteiger partial charge in [0.25, 0.3) is 11.8 Å². The Morgan fingerprint density at radius 1 is 0.966 bits per heavy atom. The third-order valence-corrected chi connectivity index (χ3v) is 4.30. The van der Waals surface area contributed by atoms with E-state index in [0.717, 1.165) is 12.8 Å². The molecule has 0 fully saturated rings. The summed E-state index contributed by atoms with van der Waals surface area (Å²) in [6, 6.07) is 14.0. The lowest BCUT2D eigenvalue weighted by Crippen LogP contribution is -2.25. The predicted octanol–water partition coefficient (Wildman–Crippen LogP) is 4.13. The minimum Gasteiger partial charge on any atom is -0.493 e. The quantitative estimate of drug-likeness (QED) is 0.558. The SMILES string of the molecule is COCCCNC(=O)c1ccc(NC(=O)c2ccccc2OCCC(C)C)cc1. The Balaban J connectivity index is 1.95. The van der Waals surface area contributed by atoms with E-state index in [-0.39, 0.29) is 11.8 Å². The van der Waals surface area contributed by atoms with E-state index in [0.29, 0.717) is 48.2 Å². The molecule has 0 heterocycles. The summed E-state index contributed by atoms with van der Waals surface area (Å²) in [5.41, 5.74) is 1.64. The predicted molar refractivity (Wildman–Crippen MR) is 115 cm³/mol. The zero-order chi connectivity index (χ0) is 21.1. The van der Waals surface area contributed by atoms with Gasteiger partial charge in [0.2, 0.25) is 0 Å². The molecule has 0 saturated carbocycles. The summed E-state index contributed by atoms with van der Waals surface area (Å²) < 4.78 is 10.7. The lowest BCUT2D eigenvalue weighted by Gasteiger charge is -2.13. The zero-order valence-electron chi connectivity index (χ0n) is 17.4. The van der Waals surface area contributed by atoms with Gasteiger partial charge in [-0.15, -0.1) is 0 Å². The summed E-state index contributed by atoms with van der Waals surface area (Å²) in [6.45, 7) is 5.99. The molecular weight excluding hydrogens is 368 g/mol. The minimum absolute atomic E-state index is 0.150. The third kappa shape index (κ3) is 7.58. The van der Waals surface area contributed by atoms with Crippen molar-refractivity contribution in [3.05, 3.63) is 59.7 Å². The normalized spacial score (nSPS) is 10.6. The van der Waals surface area contributed by atoms with Crippen molar-refractivity contribution < 1.29 is 19.1 Å². The van der Waals surface area contributed by atoms with Gasteiger partial charge >= 0.3 is 0 Å². The molecule has 0 bridgehead atoms. The summed E-state index contributed by atoms with van der Waals surface area (Å²) in [5, 5.41) is 5.69. The second kappa shape index (κ2) is 11.9. The van der Waals surface area contributed by atoms with Crippen molar-refractivity contribution in [3.63, 3.8) is 0 Å². The number of carbonyl (C=O) groups excluding carboxylic acids is 2. The number of nitrogens with one attached hydrogen (secondary N) is 2.